The second kappa shape index (κ2) is 9.28. The van der Waals surface area contributed by atoms with Gasteiger partial charge in [-0.05, 0) is 86.6 Å². The summed E-state index contributed by atoms with van der Waals surface area (Å²) >= 11 is 0. The van der Waals surface area contributed by atoms with Crippen LogP contribution in [0.2, 0.25) is 0 Å². The number of phenolic OH excluding ortho intramolecular Hbond substituents is 2. The van der Waals surface area contributed by atoms with Crippen LogP contribution in [0.15, 0.2) is 27.8 Å². The molecule has 0 bridgehead atoms. The summed E-state index contributed by atoms with van der Waals surface area (Å²) in [4.78, 5) is 30.6. The lowest BCUT2D eigenvalue weighted by Crippen LogP contribution is -2.17. The second-order valence-corrected chi connectivity index (χ2v) is 11.9. The highest BCUT2D eigenvalue weighted by Crippen LogP contribution is 2.52. The molecule has 0 saturated heterocycles. The summed E-state index contributed by atoms with van der Waals surface area (Å²) in [5.41, 5.74) is 2.02. The fourth-order valence-electron chi connectivity index (χ4n) is 7.62. The van der Waals surface area contributed by atoms with Crippen LogP contribution in [0.25, 0.3) is 64.8 Å². The van der Waals surface area contributed by atoms with Gasteiger partial charge in [-0.25, -0.2) is 0 Å². The number of aromatic hydroxyl groups is 2. The summed E-state index contributed by atoms with van der Waals surface area (Å²) in [6, 6.07) is 4.63. The Morgan fingerprint density at radius 3 is 1.86 bits per heavy atom. The molecule has 7 rings (SSSR count). The average molecular weight is 581 g/mol. The van der Waals surface area contributed by atoms with Crippen LogP contribution in [0.3, 0.4) is 0 Å². The molecule has 6 aromatic carbocycles. The quantitative estimate of drug-likeness (QED) is 0.161. The summed E-state index contributed by atoms with van der Waals surface area (Å²) in [5.74, 6) is -0.490. The second-order valence-electron chi connectivity index (χ2n) is 11.9. The Balaban J connectivity index is 1.94. The molecule has 220 valence electrons. The van der Waals surface area contributed by atoms with Gasteiger partial charge in [0.2, 0.25) is 10.9 Å². The Hall–Kier alpha value is -4.44. The molecule has 0 saturated carbocycles. The third-order valence-corrected chi connectivity index (χ3v) is 9.23. The number of methoxy groups -OCH3 is 1. The van der Waals surface area contributed by atoms with Gasteiger partial charge in [0.1, 0.15) is 11.5 Å². The van der Waals surface area contributed by atoms with Crippen LogP contribution in [0.1, 0.15) is 28.8 Å². The number of nitrogens with zero attached hydrogens (tertiary/aromatic N) is 2. The van der Waals surface area contributed by atoms with Crippen molar-refractivity contribution in [1.29, 1.82) is 0 Å². The molecule has 43 heavy (non-hydrogen) atoms. The smallest absolute Gasteiger partial charge is 0.232 e. The van der Waals surface area contributed by atoms with E-state index in [9.17, 15) is 30.0 Å². The van der Waals surface area contributed by atoms with Gasteiger partial charge in [0, 0.05) is 49.9 Å². The molecule has 4 N–H and O–H groups in total. The van der Waals surface area contributed by atoms with E-state index in [1.54, 1.807) is 0 Å². The third kappa shape index (κ3) is 3.32. The number of hydrogen-bond acceptors (Lipinski definition) is 8. The first-order valence-corrected chi connectivity index (χ1v) is 14.3. The van der Waals surface area contributed by atoms with E-state index >= 15 is 0 Å². The monoisotopic (exact) mass is 580 g/mol. The minimum absolute atomic E-state index is 0.0366. The predicted octanol–water partition coefficient (Wildman–Crippen LogP) is 4.41. The standard InChI is InChI=1S/C34H32N2O7/c1-14-9-18-24-27-22(16(12-37)11-20(40)26(27)33(42)34(18)43-5)23-17(13-38)10-19(39)25-28(23)29(24)30-21(14)15(2)36(31(30)32(25)41)8-6-7-35(3)4/h9-11,37-40H,6-8,12-13H2,1-5H3. The van der Waals surface area contributed by atoms with E-state index in [-0.39, 0.29) is 33.4 Å². The molecule has 0 aliphatic carbocycles. The number of phenols is 2. The number of ether oxygens (including phenoxy) is 1. The highest BCUT2D eigenvalue weighted by Gasteiger charge is 2.31. The SMILES string of the molecule is COc1c(=O)c2c(O)cc(CO)c3c4c(CO)cc(O)c5c(=O)c6c7c(c(C)cc1c(c23)c7c54)c(C)n6CCCN(C)C. The Bertz CT molecular complexity index is 2390. The topological polar surface area (TPSA) is 132 Å². The molecule has 9 heteroatoms. The number of hydrogen-bond donors (Lipinski definition) is 4. The Kier molecular flexibility index (Phi) is 5.91. The molecule has 1 heterocycles. The molecule has 0 aliphatic heterocycles. The summed E-state index contributed by atoms with van der Waals surface area (Å²) in [5, 5.41) is 48.9. The highest BCUT2D eigenvalue weighted by atomic mass is 16.5. The van der Waals surface area contributed by atoms with Crippen molar-refractivity contribution in [3.05, 3.63) is 61.0 Å². The van der Waals surface area contributed by atoms with Crippen molar-refractivity contribution in [2.75, 3.05) is 27.7 Å². The molecule has 7 aromatic rings. The largest absolute Gasteiger partial charge is 0.507 e. The van der Waals surface area contributed by atoms with Crippen LogP contribution in [0, 0.1) is 13.8 Å². The summed E-state index contributed by atoms with van der Waals surface area (Å²) in [6.45, 7) is 4.38. The number of fused-ring (bicyclic) bond motifs is 1. The van der Waals surface area contributed by atoms with Gasteiger partial charge < -0.3 is 34.6 Å². The zero-order valence-electron chi connectivity index (χ0n) is 24.7. The Labute approximate surface area is 245 Å². The number of rotatable bonds is 7. The molecular weight excluding hydrogens is 548 g/mol. The number of aliphatic hydroxyl groups excluding tert-OH is 2. The van der Waals surface area contributed by atoms with Gasteiger partial charge >= 0.3 is 0 Å². The van der Waals surface area contributed by atoms with Crippen LogP contribution < -0.4 is 15.6 Å². The van der Waals surface area contributed by atoms with Crippen LogP contribution in [0.4, 0.5) is 0 Å². The molecule has 0 spiro atoms. The van der Waals surface area contributed by atoms with Gasteiger partial charge in [-0.15, -0.1) is 0 Å². The lowest BCUT2D eigenvalue weighted by molar-refractivity contribution is 0.281. The van der Waals surface area contributed by atoms with Crippen LogP contribution >= 0.6 is 0 Å². The summed E-state index contributed by atoms with van der Waals surface area (Å²) < 4.78 is 7.74. The van der Waals surface area contributed by atoms with Crippen molar-refractivity contribution in [1.82, 2.24) is 9.47 Å². The minimum Gasteiger partial charge on any atom is -0.507 e. The van der Waals surface area contributed by atoms with Crippen molar-refractivity contribution in [3.8, 4) is 17.2 Å². The van der Waals surface area contributed by atoms with Crippen molar-refractivity contribution >= 4 is 64.8 Å². The first-order valence-electron chi connectivity index (χ1n) is 14.3. The van der Waals surface area contributed by atoms with Gasteiger partial charge in [0.25, 0.3) is 0 Å². The summed E-state index contributed by atoms with van der Waals surface area (Å²) in [6.07, 6.45) is 0.790. The maximum absolute atomic E-state index is 14.6. The first-order chi connectivity index (χ1) is 20.6. The van der Waals surface area contributed by atoms with Gasteiger partial charge in [-0.1, -0.05) is 0 Å². The van der Waals surface area contributed by atoms with Gasteiger partial charge in [0.05, 0.1) is 36.6 Å². The molecule has 0 atom stereocenters. The maximum atomic E-state index is 14.6. The Morgan fingerprint density at radius 2 is 1.30 bits per heavy atom. The molecule has 0 unspecified atom stereocenters. The van der Waals surface area contributed by atoms with E-state index in [0.29, 0.717) is 66.3 Å². The fraction of sp³-hybridized carbons (Fsp3) is 0.294. The molecule has 9 nitrogen and oxygen atoms in total. The molecule has 0 aliphatic rings. The van der Waals surface area contributed by atoms with Crippen LogP contribution in [-0.4, -0.2) is 57.6 Å². The van der Waals surface area contributed by atoms with Crippen LogP contribution in [-0.2, 0) is 19.8 Å². The zero-order valence-corrected chi connectivity index (χ0v) is 24.7. The van der Waals surface area contributed by atoms with E-state index in [0.717, 1.165) is 29.6 Å². The van der Waals surface area contributed by atoms with Crippen molar-refractivity contribution < 1.29 is 25.2 Å². The Morgan fingerprint density at radius 1 is 0.744 bits per heavy atom. The zero-order chi connectivity index (χ0) is 30.6. The molecule has 0 fully saturated rings. The fourth-order valence-corrected chi connectivity index (χ4v) is 7.62. The molecule has 0 radical (unpaired) electrons. The highest BCUT2D eigenvalue weighted by molar-refractivity contribution is 6.44. The van der Waals surface area contributed by atoms with Gasteiger partial charge in [-0.2, -0.15) is 0 Å². The number of benzene rings is 5. The lowest BCUT2D eigenvalue weighted by atomic mass is 9.83. The lowest BCUT2D eigenvalue weighted by Gasteiger charge is -2.21. The maximum Gasteiger partial charge on any atom is 0.232 e. The average Bonchev–Trinajstić information content (AvgIpc) is 3.18. The normalized spacial score (nSPS) is 12.7. The predicted molar refractivity (Wildman–Crippen MR) is 170 cm³/mol. The minimum atomic E-state index is -0.499. The third-order valence-electron chi connectivity index (χ3n) is 9.23. The van der Waals surface area contributed by atoms with E-state index < -0.39 is 18.6 Å². The van der Waals surface area contributed by atoms with E-state index in [1.165, 1.54) is 19.2 Å². The van der Waals surface area contributed by atoms with Gasteiger partial charge in [0.15, 0.2) is 5.75 Å². The molecular formula is C34H32N2O7. The molecule has 0 amide bonds. The van der Waals surface area contributed by atoms with Crippen molar-refractivity contribution in [3.63, 3.8) is 0 Å². The van der Waals surface area contributed by atoms with Gasteiger partial charge in [-0.3, -0.25) is 9.59 Å². The van der Waals surface area contributed by atoms with E-state index in [2.05, 4.69) is 4.90 Å². The van der Waals surface area contributed by atoms with Crippen molar-refractivity contribution in [2.24, 2.45) is 0 Å². The van der Waals surface area contributed by atoms with E-state index in [4.69, 9.17) is 4.74 Å². The van der Waals surface area contributed by atoms with Crippen molar-refractivity contribution in [2.45, 2.75) is 40.0 Å². The number of aryl methyl sites for hydroxylation is 3. The van der Waals surface area contributed by atoms with Crippen LogP contribution in [0.5, 0.6) is 17.2 Å². The summed E-state index contributed by atoms with van der Waals surface area (Å²) in [7, 11) is 5.41. The number of aliphatic hydroxyl groups is 2. The molecule has 1 aromatic heterocycles. The number of aromatic nitrogens is 1. The van der Waals surface area contributed by atoms with E-state index in [1.807, 2.05) is 38.6 Å². The first kappa shape index (κ1) is 27.4.